The molecule has 3 rings (SSSR count). The van der Waals surface area contributed by atoms with E-state index in [4.69, 9.17) is 0 Å². The summed E-state index contributed by atoms with van der Waals surface area (Å²) in [7, 11) is -3.75. The summed E-state index contributed by atoms with van der Waals surface area (Å²) in [5, 5.41) is 9.22. The monoisotopic (exact) mass is 439 g/mol. The first-order valence-corrected chi connectivity index (χ1v) is 11.9. The highest BCUT2D eigenvalue weighted by Gasteiger charge is 2.31. The van der Waals surface area contributed by atoms with Crippen LogP contribution in [-0.4, -0.2) is 49.7 Å². The molecule has 6 nitrogen and oxygen atoms in total. The summed E-state index contributed by atoms with van der Waals surface area (Å²) in [5.41, 5.74) is 2.62. The van der Waals surface area contributed by atoms with Crippen molar-refractivity contribution < 1.29 is 13.2 Å². The average molecular weight is 440 g/mol. The number of carbonyl (C=O) groups excluding carboxylic acids is 1. The number of nitrogens with zero attached hydrogens (tertiary/aromatic N) is 3. The van der Waals surface area contributed by atoms with Crippen LogP contribution in [-0.2, 0) is 26.7 Å². The number of hydrogen-bond donors (Lipinski definition) is 0. The summed E-state index contributed by atoms with van der Waals surface area (Å²) in [4.78, 5) is 14.4. The number of sulfonamides is 1. The van der Waals surface area contributed by atoms with Crippen LogP contribution in [0.4, 0.5) is 0 Å². The highest BCUT2D eigenvalue weighted by Crippen LogP contribution is 2.23. The molecule has 1 heterocycles. The van der Waals surface area contributed by atoms with Gasteiger partial charge in [-0.1, -0.05) is 57.2 Å². The Bertz CT molecular complexity index is 1070. The van der Waals surface area contributed by atoms with Crippen molar-refractivity contribution in [3.05, 3.63) is 65.2 Å². The molecule has 2 aromatic carbocycles. The van der Waals surface area contributed by atoms with Gasteiger partial charge >= 0.3 is 0 Å². The second-order valence-electron chi connectivity index (χ2n) is 8.84. The van der Waals surface area contributed by atoms with E-state index in [1.165, 1.54) is 22.0 Å². The molecule has 0 spiro atoms. The maximum Gasteiger partial charge on any atom is 0.244 e. The van der Waals surface area contributed by atoms with Gasteiger partial charge in [-0.05, 0) is 35.1 Å². The molecule has 0 aromatic heterocycles. The fourth-order valence-electron chi connectivity index (χ4n) is 3.68. The lowest BCUT2D eigenvalue weighted by molar-refractivity contribution is -0.132. The zero-order valence-corrected chi connectivity index (χ0v) is 19.2. The molecule has 0 aliphatic carbocycles. The van der Waals surface area contributed by atoms with Crippen LogP contribution in [0.25, 0.3) is 0 Å². The van der Waals surface area contributed by atoms with Crippen molar-refractivity contribution in [3.63, 3.8) is 0 Å². The van der Waals surface area contributed by atoms with Gasteiger partial charge in [0.1, 0.15) is 6.07 Å². The van der Waals surface area contributed by atoms with Crippen LogP contribution in [0.15, 0.2) is 53.4 Å². The molecule has 1 saturated heterocycles. The number of hydrogen-bond acceptors (Lipinski definition) is 4. The fourth-order valence-corrected chi connectivity index (χ4v) is 5.25. The summed E-state index contributed by atoms with van der Waals surface area (Å²) in [6.45, 7) is 7.69. The summed E-state index contributed by atoms with van der Waals surface area (Å²) in [6.07, 6.45) is 1.07. The van der Waals surface area contributed by atoms with Crippen molar-refractivity contribution in [2.75, 3.05) is 26.2 Å². The van der Waals surface area contributed by atoms with Crippen LogP contribution >= 0.6 is 0 Å². The van der Waals surface area contributed by atoms with Gasteiger partial charge in [0.25, 0.3) is 0 Å². The van der Waals surface area contributed by atoms with Gasteiger partial charge in [0, 0.05) is 32.6 Å². The smallest absolute Gasteiger partial charge is 0.244 e. The Morgan fingerprint density at radius 2 is 1.61 bits per heavy atom. The van der Waals surface area contributed by atoms with E-state index in [1.54, 1.807) is 17.0 Å². The number of piperazine rings is 1. The quantitative estimate of drug-likeness (QED) is 0.716. The molecule has 2 aromatic rings. The van der Waals surface area contributed by atoms with Crippen molar-refractivity contribution >= 4 is 15.9 Å². The summed E-state index contributed by atoms with van der Waals surface area (Å²) in [6, 6.07) is 16.5. The third kappa shape index (κ3) is 5.33. The van der Waals surface area contributed by atoms with Crippen LogP contribution in [0.2, 0.25) is 0 Å². The number of benzene rings is 2. The Hall–Kier alpha value is -2.69. The molecular formula is C24H29N3O3S. The van der Waals surface area contributed by atoms with Gasteiger partial charge in [0.2, 0.25) is 15.9 Å². The first kappa shape index (κ1) is 23.0. The van der Waals surface area contributed by atoms with Gasteiger partial charge in [-0.2, -0.15) is 9.57 Å². The van der Waals surface area contributed by atoms with Crippen molar-refractivity contribution in [3.8, 4) is 6.07 Å². The van der Waals surface area contributed by atoms with Gasteiger partial charge < -0.3 is 4.90 Å². The predicted octanol–water partition coefficient (Wildman–Crippen LogP) is 3.32. The Morgan fingerprint density at radius 3 is 2.19 bits per heavy atom. The standard InChI is InChI=1S/C24H29N3O3S/c1-24(2,3)21-11-8-19(9-12-21)10-13-23(28)26-14-16-27(17-15-26)31(29,30)22-7-5-4-6-20(22)18-25/h4-9,11-12H,10,13-17H2,1-3H3. The number of aryl methyl sites for hydroxylation is 1. The van der Waals surface area contributed by atoms with Crippen LogP contribution in [0.3, 0.4) is 0 Å². The second kappa shape index (κ2) is 9.21. The van der Waals surface area contributed by atoms with Crippen LogP contribution in [0.1, 0.15) is 43.9 Å². The number of carbonyl (C=O) groups is 1. The third-order valence-corrected chi connectivity index (χ3v) is 7.62. The maximum absolute atomic E-state index is 12.9. The Kier molecular flexibility index (Phi) is 6.83. The molecule has 0 N–H and O–H groups in total. The number of nitriles is 1. The van der Waals surface area contributed by atoms with Crippen LogP contribution < -0.4 is 0 Å². The molecule has 164 valence electrons. The van der Waals surface area contributed by atoms with Crippen molar-refractivity contribution in [2.45, 2.75) is 43.9 Å². The van der Waals surface area contributed by atoms with Gasteiger partial charge in [-0.25, -0.2) is 8.42 Å². The highest BCUT2D eigenvalue weighted by molar-refractivity contribution is 7.89. The summed E-state index contributed by atoms with van der Waals surface area (Å²) < 4.78 is 27.2. The molecule has 7 heteroatoms. The molecule has 0 radical (unpaired) electrons. The number of amides is 1. The molecule has 0 atom stereocenters. The molecule has 31 heavy (non-hydrogen) atoms. The van der Waals surface area contributed by atoms with E-state index < -0.39 is 10.0 Å². The SMILES string of the molecule is CC(C)(C)c1ccc(CCC(=O)N2CCN(S(=O)(=O)c3ccccc3C#N)CC2)cc1. The lowest BCUT2D eigenvalue weighted by atomic mass is 9.86. The van der Waals surface area contributed by atoms with E-state index >= 15 is 0 Å². The highest BCUT2D eigenvalue weighted by atomic mass is 32.2. The Balaban J connectivity index is 1.56. The van der Waals surface area contributed by atoms with E-state index in [0.717, 1.165) is 5.56 Å². The first-order chi connectivity index (χ1) is 14.6. The second-order valence-corrected chi connectivity index (χ2v) is 10.7. The molecule has 0 bridgehead atoms. The molecular weight excluding hydrogens is 410 g/mol. The first-order valence-electron chi connectivity index (χ1n) is 10.5. The van der Waals surface area contributed by atoms with Gasteiger partial charge in [0.15, 0.2) is 0 Å². The average Bonchev–Trinajstić information content (AvgIpc) is 2.77. The van der Waals surface area contributed by atoms with Gasteiger partial charge in [0.05, 0.1) is 10.5 Å². The van der Waals surface area contributed by atoms with E-state index in [0.29, 0.717) is 25.9 Å². The molecule has 1 aliphatic heterocycles. The van der Waals surface area contributed by atoms with Crippen molar-refractivity contribution in [2.24, 2.45) is 0 Å². The van der Waals surface area contributed by atoms with E-state index in [-0.39, 0.29) is 34.9 Å². The zero-order valence-electron chi connectivity index (χ0n) is 18.3. The largest absolute Gasteiger partial charge is 0.340 e. The molecule has 0 unspecified atom stereocenters. The van der Waals surface area contributed by atoms with E-state index in [1.807, 2.05) is 6.07 Å². The number of rotatable bonds is 5. The van der Waals surface area contributed by atoms with Gasteiger partial charge in [-0.3, -0.25) is 4.79 Å². The minimum Gasteiger partial charge on any atom is -0.340 e. The molecule has 1 amide bonds. The lowest BCUT2D eigenvalue weighted by Gasteiger charge is -2.34. The van der Waals surface area contributed by atoms with Crippen molar-refractivity contribution in [1.29, 1.82) is 5.26 Å². The lowest BCUT2D eigenvalue weighted by Crippen LogP contribution is -2.50. The molecule has 1 aliphatic rings. The third-order valence-electron chi connectivity index (χ3n) is 5.66. The predicted molar refractivity (Wildman–Crippen MR) is 120 cm³/mol. The summed E-state index contributed by atoms with van der Waals surface area (Å²) in [5.74, 6) is 0.0365. The minimum atomic E-state index is -3.75. The van der Waals surface area contributed by atoms with Crippen molar-refractivity contribution in [1.82, 2.24) is 9.21 Å². The van der Waals surface area contributed by atoms with E-state index in [2.05, 4.69) is 45.0 Å². The van der Waals surface area contributed by atoms with E-state index in [9.17, 15) is 18.5 Å². The maximum atomic E-state index is 12.9. The fraction of sp³-hybridized carbons (Fsp3) is 0.417. The minimum absolute atomic E-state index is 0.0241. The van der Waals surface area contributed by atoms with Crippen LogP contribution in [0, 0.1) is 11.3 Å². The molecule has 0 saturated carbocycles. The molecule has 1 fully saturated rings. The topological polar surface area (TPSA) is 81.5 Å². The van der Waals surface area contributed by atoms with Gasteiger partial charge in [-0.15, -0.1) is 0 Å². The Morgan fingerprint density at radius 1 is 1.00 bits per heavy atom. The zero-order chi connectivity index (χ0) is 22.6. The normalized spacial score (nSPS) is 15.5. The van der Waals surface area contributed by atoms with Crippen LogP contribution in [0.5, 0.6) is 0 Å². The summed E-state index contributed by atoms with van der Waals surface area (Å²) >= 11 is 0. The Labute approximate surface area is 185 Å².